The number of benzene rings is 3. The van der Waals surface area contributed by atoms with Gasteiger partial charge in [-0.3, -0.25) is 0 Å². The molecule has 0 radical (unpaired) electrons. The van der Waals surface area contributed by atoms with Crippen LogP contribution in [0.15, 0.2) is 72.8 Å². The van der Waals surface area contributed by atoms with Crippen molar-refractivity contribution in [1.29, 1.82) is 0 Å². The van der Waals surface area contributed by atoms with Crippen molar-refractivity contribution < 1.29 is 27.4 Å². The van der Waals surface area contributed by atoms with Crippen LogP contribution in [-0.2, 0) is 10.9 Å². The van der Waals surface area contributed by atoms with Crippen LogP contribution in [0.3, 0.4) is 0 Å². The summed E-state index contributed by atoms with van der Waals surface area (Å²) in [6.07, 6.45) is -1.21. The molecule has 3 aromatic carbocycles. The topological polar surface area (TPSA) is 48.4 Å². The molecule has 0 bridgehead atoms. The van der Waals surface area contributed by atoms with E-state index in [0.29, 0.717) is 12.3 Å². The average molecular weight is 494 g/mol. The molecule has 0 saturated heterocycles. The van der Waals surface area contributed by atoms with Crippen molar-refractivity contribution in [3.8, 4) is 28.1 Å². The molecule has 4 rings (SSSR count). The number of rotatable bonds is 8. The van der Waals surface area contributed by atoms with E-state index >= 15 is 0 Å². The fraction of sp³-hybridized carbons (Fsp3) is 0.241. The van der Waals surface area contributed by atoms with Crippen LogP contribution in [0.5, 0.6) is 5.75 Å². The monoisotopic (exact) mass is 493 g/mol. The third-order valence-corrected chi connectivity index (χ3v) is 5.93. The SMILES string of the molecule is CCCCCOc1ccc(-c2ccc(-c3cc(C(=O)OC)c4cc(C(F)(F)F)ccc4n3)cc2)cc1. The summed E-state index contributed by atoms with van der Waals surface area (Å²) in [7, 11) is 1.19. The first-order valence-electron chi connectivity index (χ1n) is 11.7. The Labute approximate surface area is 207 Å². The van der Waals surface area contributed by atoms with Crippen molar-refractivity contribution in [2.24, 2.45) is 0 Å². The number of nitrogens with zero attached hydrogens (tertiary/aromatic N) is 1. The zero-order valence-electron chi connectivity index (χ0n) is 20.1. The fourth-order valence-electron chi connectivity index (χ4n) is 3.95. The Morgan fingerprint density at radius 2 is 1.50 bits per heavy atom. The molecular weight excluding hydrogens is 467 g/mol. The Hall–Kier alpha value is -3.87. The predicted octanol–water partition coefficient (Wildman–Crippen LogP) is 7.94. The van der Waals surface area contributed by atoms with Gasteiger partial charge in [-0.2, -0.15) is 13.2 Å². The van der Waals surface area contributed by atoms with Gasteiger partial charge in [-0.05, 0) is 53.9 Å². The lowest BCUT2D eigenvalue weighted by Gasteiger charge is -2.12. The number of esters is 1. The van der Waals surface area contributed by atoms with Crippen LogP contribution in [0.1, 0.15) is 42.1 Å². The van der Waals surface area contributed by atoms with Gasteiger partial charge >= 0.3 is 12.1 Å². The highest BCUT2D eigenvalue weighted by atomic mass is 19.4. The van der Waals surface area contributed by atoms with Gasteiger partial charge in [-0.25, -0.2) is 9.78 Å². The normalized spacial score (nSPS) is 11.5. The Morgan fingerprint density at radius 1 is 0.861 bits per heavy atom. The summed E-state index contributed by atoms with van der Waals surface area (Å²) in [6.45, 7) is 2.85. The van der Waals surface area contributed by atoms with Crippen molar-refractivity contribution in [2.75, 3.05) is 13.7 Å². The number of halogens is 3. The van der Waals surface area contributed by atoms with E-state index in [2.05, 4.69) is 11.9 Å². The minimum atomic E-state index is -4.53. The molecule has 1 aromatic heterocycles. The summed E-state index contributed by atoms with van der Waals surface area (Å²) >= 11 is 0. The first kappa shape index (κ1) is 25.2. The van der Waals surface area contributed by atoms with Gasteiger partial charge < -0.3 is 9.47 Å². The second kappa shape index (κ2) is 10.8. The molecule has 0 aliphatic carbocycles. The Bertz CT molecular complexity index is 1350. The van der Waals surface area contributed by atoms with Gasteiger partial charge in [-0.15, -0.1) is 0 Å². The van der Waals surface area contributed by atoms with Crippen LogP contribution >= 0.6 is 0 Å². The van der Waals surface area contributed by atoms with E-state index < -0.39 is 17.7 Å². The number of aromatic nitrogens is 1. The van der Waals surface area contributed by atoms with Gasteiger partial charge in [0.25, 0.3) is 0 Å². The van der Waals surface area contributed by atoms with Crippen LogP contribution in [-0.4, -0.2) is 24.7 Å². The standard InChI is InChI=1S/C29H26F3NO3/c1-3-4-5-16-36-23-13-10-20(11-14-23)19-6-8-21(9-7-19)27-18-25(28(34)35-2)24-17-22(29(30,31)32)12-15-26(24)33-27/h6-15,17-18H,3-5,16H2,1-2H3. The molecule has 0 atom stereocenters. The molecule has 4 aromatic rings. The van der Waals surface area contributed by atoms with Gasteiger partial charge in [0, 0.05) is 10.9 Å². The molecule has 4 nitrogen and oxygen atoms in total. The molecule has 0 saturated carbocycles. The quantitative estimate of drug-likeness (QED) is 0.185. The zero-order valence-corrected chi connectivity index (χ0v) is 20.1. The maximum Gasteiger partial charge on any atom is 0.416 e. The van der Waals surface area contributed by atoms with E-state index in [9.17, 15) is 18.0 Å². The van der Waals surface area contributed by atoms with Gasteiger partial charge in [0.1, 0.15) is 5.75 Å². The molecule has 0 N–H and O–H groups in total. The van der Waals surface area contributed by atoms with E-state index in [0.717, 1.165) is 53.8 Å². The number of alkyl halides is 3. The van der Waals surface area contributed by atoms with Crippen LogP contribution < -0.4 is 4.74 Å². The van der Waals surface area contributed by atoms with Crippen LogP contribution in [0.4, 0.5) is 13.2 Å². The van der Waals surface area contributed by atoms with Crippen molar-refractivity contribution in [3.05, 3.63) is 83.9 Å². The lowest BCUT2D eigenvalue weighted by molar-refractivity contribution is -0.137. The molecule has 7 heteroatoms. The molecule has 0 amide bonds. The first-order valence-corrected chi connectivity index (χ1v) is 11.7. The summed E-state index contributed by atoms with van der Waals surface area (Å²) < 4.78 is 50.2. The fourth-order valence-corrected chi connectivity index (χ4v) is 3.95. The van der Waals surface area contributed by atoms with E-state index in [1.807, 2.05) is 48.5 Å². The van der Waals surface area contributed by atoms with Gasteiger partial charge in [0.2, 0.25) is 0 Å². The summed E-state index contributed by atoms with van der Waals surface area (Å²) in [5.41, 5.74) is 2.65. The lowest BCUT2D eigenvalue weighted by atomic mass is 10.00. The first-order chi connectivity index (χ1) is 17.3. The highest BCUT2D eigenvalue weighted by Gasteiger charge is 2.31. The van der Waals surface area contributed by atoms with Crippen molar-refractivity contribution >= 4 is 16.9 Å². The van der Waals surface area contributed by atoms with Crippen molar-refractivity contribution in [3.63, 3.8) is 0 Å². The third-order valence-electron chi connectivity index (χ3n) is 5.93. The third kappa shape index (κ3) is 5.67. The largest absolute Gasteiger partial charge is 0.494 e. The average Bonchev–Trinajstić information content (AvgIpc) is 2.89. The predicted molar refractivity (Wildman–Crippen MR) is 134 cm³/mol. The number of hydrogen-bond donors (Lipinski definition) is 0. The summed E-state index contributed by atoms with van der Waals surface area (Å²) in [4.78, 5) is 16.9. The van der Waals surface area contributed by atoms with Crippen molar-refractivity contribution in [1.82, 2.24) is 4.98 Å². The number of methoxy groups -OCH3 is 1. The molecule has 1 heterocycles. The Morgan fingerprint density at radius 3 is 2.11 bits per heavy atom. The Balaban J connectivity index is 1.61. The molecule has 36 heavy (non-hydrogen) atoms. The molecule has 0 aliphatic rings. The van der Waals surface area contributed by atoms with Crippen LogP contribution in [0, 0.1) is 0 Å². The van der Waals surface area contributed by atoms with E-state index in [4.69, 9.17) is 9.47 Å². The van der Waals surface area contributed by atoms with Crippen LogP contribution in [0.25, 0.3) is 33.3 Å². The van der Waals surface area contributed by atoms with E-state index in [-0.39, 0.29) is 16.5 Å². The minimum Gasteiger partial charge on any atom is -0.494 e. The molecule has 0 fully saturated rings. The lowest BCUT2D eigenvalue weighted by Crippen LogP contribution is -2.07. The number of pyridine rings is 1. The van der Waals surface area contributed by atoms with Gasteiger partial charge in [-0.1, -0.05) is 56.2 Å². The molecule has 0 unspecified atom stereocenters. The molecule has 0 aliphatic heterocycles. The second-order valence-electron chi connectivity index (χ2n) is 8.43. The highest BCUT2D eigenvalue weighted by Crippen LogP contribution is 2.34. The number of fused-ring (bicyclic) bond motifs is 1. The smallest absolute Gasteiger partial charge is 0.416 e. The van der Waals surface area contributed by atoms with Gasteiger partial charge in [0.15, 0.2) is 0 Å². The number of unbranched alkanes of at least 4 members (excludes halogenated alkanes) is 2. The van der Waals surface area contributed by atoms with E-state index in [1.165, 1.54) is 19.2 Å². The second-order valence-corrected chi connectivity index (χ2v) is 8.43. The van der Waals surface area contributed by atoms with E-state index in [1.54, 1.807) is 0 Å². The number of carbonyl (C=O) groups excluding carboxylic acids is 1. The maximum absolute atomic E-state index is 13.2. The summed E-state index contributed by atoms with van der Waals surface area (Å²) in [5.74, 6) is 0.104. The molecular formula is C29H26F3NO3. The van der Waals surface area contributed by atoms with Crippen molar-refractivity contribution in [2.45, 2.75) is 32.4 Å². The number of ether oxygens (including phenoxy) is 2. The van der Waals surface area contributed by atoms with Gasteiger partial charge in [0.05, 0.1) is 36.1 Å². The van der Waals surface area contributed by atoms with Crippen LogP contribution in [0.2, 0.25) is 0 Å². The highest BCUT2D eigenvalue weighted by molar-refractivity contribution is 6.04. The molecule has 186 valence electrons. The summed E-state index contributed by atoms with van der Waals surface area (Å²) in [5, 5.41) is 0.0917. The summed E-state index contributed by atoms with van der Waals surface area (Å²) in [6, 6.07) is 20.1. The number of carbonyl (C=O) groups is 1. The minimum absolute atomic E-state index is 0.0298. The zero-order chi connectivity index (χ0) is 25.7. The Kier molecular flexibility index (Phi) is 7.58. The maximum atomic E-state index is 13.2. The molecule has 0 spiro atoms. The number of hydrogen-bond acceptors (Lipinski definition) is 4.